The lowest BCUT2D eigenvalue weighted by Gasteiger charge is -2.18. The van der Waals surface area contributed by atoms with E-state index in [4.69, 9.17) is 14.2 Å². The third-order valence-electron chi connectivity index (χ3n) is 14.9. The van der Waals surface area contributed by atoms with Crippen molar-refractivity contribution in [3.05, 3.63) is 36.5 Å². The maximum Gasteiger partial charge on any atom is 0.306 e. The van der Waals surface area contributed by atoms with Gasteiger partial charge in [0.15, 0.2) is 6.10 Å². The molecule has 0 saturated heterocycles. The summed E-state index contributed by atoms with van der Waals surface area (Å²) in [5.41, 5.74) is 0. The minimum absolute atomic E-state index is 0.0656. The Kier molecular flexibility index (Phi) is 61.1. The monoisotopic (exact) mass is 1040 g/mol. The Morgan fingerprint density at radius 2 is 0.486 bits per heavy atom. The van der Waals surface area contributed by atoms with Gasteiger partial charge in [-0.2, -0.15) is 0 Å². The van der Waals surface area contributed by atoms with Crippen LogP contribution in [-0.2, 0) is 28.6 Å². The second kappa shape index (κ2) is 63.2. The lowest BCUT2D eigenvalue weighted by molar-refractivity contribution is -0.167. The number of carbonyl (C=O) groups is 3. The summed E-state index contributed by atoms with van der Waals surface area (Å²) in [5, 5.41) is 0. The maximum absolute atomic E-state index is 12.9. The van der Waals surface area contributed by atoms with Crippen molar-refractivity contribution in [1.82, 2.24) is 0 Å². The molecule has 0 aromatic heterocycles. The zero-order chi connectivity index (χ0) is 53.6. The van der Waals surface area contributed by atoms with Crippen LogP contribution in [0.4, 0.5) is 0 Å². The topological polar surface area (TPSA) is 78.9 Å². The molecular formula is C68H126O6. The second-order valence-corrected chi connectivity index (χ2v) is 22.4. The van der Waals surface area contributed by atoms with Crippen LogP contribution in [0.5, 0.6) is 0 Å². The van der Waals surface area contributed by atoms with Crippen LogP contribution in [0.2, 0.25) is 0 Å². The van der Waals surface area contributed by atoms with Gasteiger partial charge in [0, 0.05) is 19.3 Å². The number of carbonyl (C=O) groups excluding carboxylic acids is 3. The number of esters is 3. The first-order valence-corrected chi connectivity index (χ1v) is 33.0. The molecule has 6 heteroatoms. The van der Waals surface area contributed by atoms with Crippen molar-refractivity contribution in [2.45, 2.75) is 367 Å². The number of hydrogen-bond acceptors (Lipinski definition) is 6. The third kappa shape index (κ3) is 60.5. The molecule has 0 amide bonds. The van der Waals surface area contributed by atoms with Gasteiger partial charge in [0.25, 0.3) is 0 Å². The fraction of sp³-hybridized carbons (Fsp3) is 0.868. The third-order valence-corrected chi connectivity index (χ3v) is 14.9. The number of unbranched alkanes of at least 4 members (excludes halogenated alkanes) is 44. The van der Waals surface area contributed by atoms with Crippen LogP contribution in [0.3, 0.4) is 0 Å². The first-order valence-electron chi connectivity index (χ1n) is 33.0. The van der Waals surface area contributed by atoms with E-state index in [2.05, 4.69) is 57.2 Å². The van der Waals surface area contributed by atoms with Crippen molar-refractivity contribution in [2.75, 3.05) is 13.2 Å². The summed E-state index contributed by atoms with van der Waals surface area (Å²) < 4.78 is 16.9. The molecule has 0 radical (unpaired) electrons. The van der Waals surface area contributed by atoms with E-state index < -0.39 is 6.10 Å². The summed E-state index contributed by atoms with van der Waals surface area (Å²) in [4.78, 5) is 38.3. The van der Waals surface area contributed by atoms with E-state index in [9.17, 15) is 14.4 Å². The van der Waals surface area contributed by atoms with Gasteiger partial charge in [0.2, 0.25) is 0 Å². The van der Waals surface area contributed by atoms with Crippen LogP contribution in [0, 0.1) is 0 Å². The van der Waals surface area contributed by atoms with Crippen LogP contribution in [0.1, 0.15) is 361 Å². The number of allylic oxidation sites excluding steroid dienone is 6. The molecule has 434 valence electrons. The Bertz CT molecular complexity index is 1240. The molecule has 0 rings (SSSR count). The van der Waals surface area contributed by atoms with Gasteiger partial charge in [-0.15, -0.1) is 0 Å². The fourth-order valence-corrected chi connectivity index (χ4v) is 9.92. The van der Waals surface area contributed by atoms with Crippen molar-refractivity contribution in [1.29, 1.82) is 0 Å². The lowest BCUT2D eigenvalue weighted by Crippen LogP contribution is -2.30. The predicted molar refractivity (Wildman–Crippen MR) is 321 cm³/mol. The molecule has 0 heterocycles. The molecule has 0 aliphatic heterocycles. The van der Waals surface area contributed by atoms with Gasteiger partial charge in [0.05, 0.1) is 0 Å². The zero-order valence-electron chi connectivity index (χ0n) is 49.9. The van der Waals surface area contributed by atoms with E-state index in [0.717, 1.165) is 70.6 Å². The van der Waals surface area contributed by atoms with E-state index in [1.54, 1.807) is 0 Å². The van der Waals surface area contributed by atoms with Crippen LogP contribution in [-0.4, -0.2) is 37.2 Å². The molecule has 1 unspecified atom stereocenters. The molecule has 74 heavy (non-hydrogen) atoms. The minimum atomic E-state index is -0.767. The average molecular weight is 1040 g/mol. The standard InChI is InChI=1S/C68H126O6/c1-4-7-10-13-16-19-22-25-27-28-29-30-31-32-33-34-35-36-37-38-39-40-41-44-46-49-52-55-58-61-67(70)73-64-65(63-72-66(69)60-57-54-51-48-45-42-24-21-18-15-12-9-6-3)74-68(71)62-59-56-53-50-47-43-26-23-20-17-14-11-8-5-2/h22,25,28-29,31-32,65H,4-21,23-24,26-27,30,33-64H2,1-3H3/b25-22-,29-28-,32-31-. The SMILES string of the molecule is CCCCCCC/C=C\C/C=C\C/C=C\CCCCCCCCCCCCCCCCC(=O)OCC(COC(=O)CCCCCCCCCCCCCCC)OC(=O)CCCCCCCCCCCCCCCC. The van der Waals surface area contributed by atoms with Gasteiger partial charge in [-0.1, -0.05) is 320 Å². The maximum atomic E-state index is 12.9. The van der Waals surface area contributed by atoms with Crippen molar-refractivity contribution in [3.63, 3.8) is 0 Å². The van der Waals surface area contributed by atoms with Crippen molar-refractivity contribution < 1.29 is 28.6 Å². The summed E-state index contributed by atoms with van der Waals surface area (Å²) in [6, 6.07) is 0. The molecule has 0 spiro atoms. The Balaban J connectivity index is 4.16. The van der Waals surface area contributed by atoms with Gasteiger partial charge in [-0.25, -0.2) is 0 Å². The summed E-state index contributed by atoms with van der Waals surface area (Å²) in [6.45, 7) is 6.68. The molecule has 1 atom stereocenters. The smallest absolute Gasteiger partial charge is 0.306 e. The van der Waals surface area contributed by atoms with Gasteiger partial charge in [0.1, 0.15) is 13.2 Å². The quantitative estimate of drug-likeness (QED) is 0.0261. The van der Waals surface area contributed by atoms with Crippen LogP contribution in [0.15, 0.2) is 36.5 Å². The summed E-state index contributed by atoms with van der Waals surface area (Å²) in [5.74, 6) is -0.841. The second-order valence-electron chi connectivity index (χ2n) is 22.4. The molecular weight excluding hydrogens is 913 g/mol. The van der Waals surface area contributed by atoms with E-state index in [1.807, 2.05) is 0 Å². The van der Waals surface area contributed by atoms with Crippen LogP contribution in [0.25, 0.3) is 0 Å². The molecule has 0 saturated carbocycles. The molecule has 0 aromatic rings. The number of hydrogen-bond donors (Lipinski definition) is 0. The van der Waals surface area contributed by atoms with Crippen molar-refractivity contribution in [2.24, 2.45) is 0 Å². The van der Waals surface area contributed by atoms with Crippen molar-refractivity contribution >= 4 is 17.9 Å². The predicted octanol–water partition coefficient (Wildman–Crippen LogP) is 22.4. The van der Waals surface area contributed by atoms with Crippen molar-refractivity contribution in [3.8, 4) is 0 Å². The van der Waals surface area contributed by atoms with Gasteiger partial charge in [-0.3, -0.25) is 14.4 Å². The summed E-state index contributed by atoms with van der Waals surface area (Å²) in [7, 11) is 0. The Morgan fingerprint density at radius 1 is 0.270 bits per heavy atom. The fourth-order valence-electron chi connectivity index (χ4n) is 9.92. The molecule has 0 bridgehead atoms. The van der Waals surface area contributed by atoms with E-state index >= 15 is 0 Å². The molecule has 6 nitrogen and oxygen atoms in total. The lowest BCUT2D eigenvalue weighted by atomic mass is 10.0. The number of ether oxygens (including phenoxy) is 3. The van der Waals surface area contributed by atoms with E-state index in [1.165, 1.54) is 250 Å². The first kappa shape index (κ1) is 71.6. The zero-order valence-corrected chi connectivity index (χ0v) is 49.9. The van der Waals surface area contributed by atoms with E-state index in [0.29, 0.717) is 19.3 Å². The van der Waals surface area contributed by atoms with Gasteiger partial charge in [-0.05, 0) is 57.8 Å². The molecule has 0 aliphatic carbocycles. The van der Waals surface area contributed by atoms with Crippen LogP contribution < -0.4 is 0 Å². The Morgan fingerprint density at radius 3 is 0.757 bits per heavy atom. The first-order chi connectivity index (χ1) is 36.5. The highest BCUT2D eigenvalue weighted by Gasteiger charge is 2.19. The minimum Gasteiger partial charge on any atom is -0.462 e. The Labute approximate surface area is 461 Å². The molecule has 0 fully saturated rings. The highest BCUT2D eigenvalue weighted by atomic mass is 16.6. The van der Waals surface area contributed by atoms with Gasteiger partial charge >= 0.3 is 17.9 Å². The van der Waals surface area contributed by atoms with Gasteiger partial charge < -0.3 is 14.2 Å². The highest BCUT2D eigenvalue weighted by molar-refractivity contribution is 5.71. The molecule has 0 N–H and O–H groups in total. The molecule has 0 aliphatic rings. The average Bonchev–Trinajstić information content (AvgIpc) is 3.40. The number of rotatable bonds is 61. The van der Waals surface area contributed by atoms with Crippen LogP contribution >= 0.6 is 0 Å². The summed E-state index contributed by atoms with van der Waals surface area (Å²) in [6.07, 6.45) is 77.3. The Hall–Kier alpha value is -2.37. The molecule has 0 aromatic carbocycles. The highest BCUT2D eigenvalue weighted by Crippen LogP contribution is 2.18. The van der Waals surface area contributed by atoms with E-state index in [-0.39, 0.29) is 31.1 Å². The normalized spacial score (nSPS) is 12.2. The summed E-state index contributed by atoms with van der Waals surface area (Å²) >= 11 is 0. The largest absolute Gasteiger partial charge is 0.462 e.